The number of hydrogen-bond acceptors (Lipinski definition) is 4. The van der Waals surface area contributed by atoms with Crippen molar-refractivity contribution in [3.63, 3.8) is 0 Å². The summed E-state index contributed by atoms with van der Waals surface area (Å²) in [4.78, 5) is 11.4. The minimum absolute atomic E-state index is 0.163. The van der Waals surface area contributed by atoms with Gasteiger partial charge in [-0.05, 0) is 36.6 Å². The smallest absolute Gasteiger partial charge is 0.237 e. The zero-order chi connectivity index (χ0) is 13.1. The van der Waals surface area contributed by atoms with Crippen LogP contribution in [0.15, 0.2) is 12.1 Å². The van der Waals surface area contributed by atoms with Crippen LogP contribution in [0.1, 0.15) is 11.1 Å². The van der Waals surface area contributed by atoms with Gasteiger partial charge in [-0.2, -0.15) is 0 Å². The lowest BCUT2D eigenvalue weighted by molar-refractivity contribution is -0.121. The van der Waals surface area contributed by atoms with Crippen molar-refractivity contribution in [1.29, 1.82) is 0 Å². The molecule has 0 saturated heterocycles. The number of aryl methyl sites for hydroxylation is 1. The number of carbonyl (C=O) groups is 1. The topological polar surface area (TPSA) is 73.6 Å². The van der Waals surface area contributed by atoms with Gasteiger partial charge in [-0.1, -0.05) is 0 Å². The van der Waals surface area contributed by atoms with Crippen molar-refractivity contribution in [3.8, 4) is 11.5 Å². The van der Waals surface area contributed by atoms with Gasteiger partial charge in [0.15, 0.2) is 11.5 Å². The van der Waals surface area contributed by atoms with Crippen molar-refractivity contribution in [2.75, 3.05) is 20.3 Å². The van der Waals surface area contributed by atoms with Gasteiger partial charge in [0.1, 0.15) is 13.2 Å². The Balaban J connectivity index is 2.20. The number of amides is 1. The summed E-state index contributed by atoms with van der Waals surface area (Å²) in [5.74, 6) is 1.33. The first-order valence-electron chi connectivity index (χ1n) is 5.98. The van der Waals surface area contributed by atoms with Crippen molar-refractivity contribution >= 4 is 5.91 Å². The molecule has 1 heterocycles. The maximum absolute atomic E-state index is 11.4. The van der Waals surface area contributed by atoms with Crippen LogP contribution in [0.5, 0.6) is 11.5 Å². The number of benzene rings is 1. The van der Waals surface area contributed by atoms with E-state index in [9.17, 15) is 4.79 Å². The lowest BCUT2D eigenvalue weighted by Gasteiger charge is -2.21. The SMILES string of the molecule is CNC(=O)C(N)Cc1cc2c(cc1C)OCCO2. The van der Waals surface area contributed by atoms with Gasteiger partial charge in [0.2, 0.25) is 5.91 Å². The van der Waals surface area contributed by atoms with Gasteiger partial charge in [-0.3, -0.25) is 4.79 Å². The van der Waals surface area contributed by atoms with Gasteiger partial charge in [-0.25, -0.2) is 0 Å². The molecule has 0 bridgehead atoms. The average molecular weight is 250 g/mol. The van der Waals surface area contributed by atoms with E-state index in [-0.39, 0.29) is 5.91 Å². The molecule has 0 fully saturated rings. The number of nitrogens with one attached hydrogen (secondary N) is 1. The quantitative estimate of drug-likeness (QED) is 0.813. The molecule has 0 aliphatic carbocycles. The Kier molecular flexibility index (Phi) is 3.72. The second-order valence-corrected chi connectivity index (χ2v) is 4.35. The molecule has 1 aliphatic rings. The molecule has 98 valence electrons. The van der Waals surface area contributed by atoms with E-state index in [0.29, 0.717) is 19.6 Å². The van der Waals surface area contributed by atoms with Crippen LogP contribution in [0, 0.1) is 6.92 Å². The van der Waals surface area contributed by atoms with Gasteiger partial charge in [-0.15, -0.1) is 0 Å². The Morgan fingerprint density at radius 2 is 2.00 bits per heavy atom. The van der Waals surface area contributed by atoms with Gasteiger partial charge >= 0.3 is 0 Å². The molecule has 5 nitrogen and oxygen atoms in total. The Morgan fingerprint density at radius 1 is 1.39 bits per heavy atom. The van der Waals surface area contributed by atoms with Gasteiger partial charge in [0, 0.05) is 7.05 Å². The third-order valence-electron chi connectivity index (χ3n) is 3.02. The predicted molar refractivity (Wildman–Crippen MR) is 67.9 cm³/mol. The zero-order valence-corrected chi connectivity index (χ0v) is 10.7. The number of nitrogens with two attached hydrogens (primary N) is 1. The van der Waals surface area contributed by atoms with Gasteiger partial charge < -0.3 is 20.5 Å². The van der Waals surface area contributed by atoms with E-state index < -0.39 is 6.04 Å². The van der Waals surface area contributed by atoms with E-state index in [1.54, 1.807) is 7.05 Å². The van der Waals surface area contributed by atoms with Crippen LogP contribution >= 0.6 is 0 Å². The predicted octanol–water partition coefficient (Wildman–Crippen LogP) is 0.382. The van der Waals surface area contributed by atoms with Crippen molar-refractivity contribution < 1.29 is 14.3 Å². The maximum atomic E-state index is 11.4. The lowest BCUT2D eigenvalue weighted by Crippen LogP contribution is -2.40. The molecule has 18 heavy (non-hydrogen) atoms. The number of carbonyl (C=O) groups excluding carboxylic acids is 1. The van der Waals surface area contributed by atoms with Crippen molar-refractivity contribution in [3.05, 3.63) is 23.3 Å². The molecule has 0 spiro atoms. The van der Waals surface area contributed by atoms with E-state index in [1.807, 2.05) is 19.1 Å². The Labute approximate surface area is 106 Å². The first-order chi connectivity index (χ1) is 8.61. The number of ether oxygens (including phenoxy) is 2. The highest BCUT2D eigenvalue weighted by atomic mass is 16.6. The molecule has 1 amide bonds. The third kappa shape index (κ3) is 2.56. The minimum Gasteiger partial charge on any atom is -0.486 e. The van der Waals surface area contributed by atoms with E-state index in [4.69, 9.17) is 15.2 Å². The van der Waals surface area contributed by atoms with Crippen LogP contribution in [0.25, 0.3) is 0 Å². The maximum Gasteiger partial charge on any atom is 0.237 e. The summed E-state index contributed by atoms with van der Waals surface area (Å²) in [5, 5.41) is 2.55. The molecule has 0 aromatic heterocycles. The van der Waals surface area contributed by atoms with E-state index in [1.165, 1.54) is 0 Å². The number of hydrogen-bond donors (Lipinski definition) is 2. The molecule has 1 unspecified atom stereocenters. The summed E-state index contributed by atoms with van der Waals surface area (Å²) in [6, 6.07) is 3.30. The van der Waals surface area contributed by atoms with Crippen LogP contribution in [0.2, 0.25) is 0 Å². The summed E-state index contributed by atoms with van der Waals surface area (Å²) >= 11 is 0. The summed E-state index contributed by atoms with van der Waals surface area (Å²) in [6.45, 7) is 3.10. The van der Waals surface area contributed by atoms with E-state index >= 15 is 0 Å². The van der Waals surface area contributed by atoms with Gasteiger partial charge in [0.25, 0.3) is 0 Å². The normalized spacial score (nSPS) is 15.1. The first kappa shape index (κ1) is 12.7. The molecular weight excluding hydrogens is 232 g/mol. The Bertz CT molecular complexity index is 460. The second-order valence-electron chi connectivity index (χ2n) is 4.35. The fraction of sp³-hybridized carbons (Fsp3) is 0.462. The minimum atomic E-state index is -0.545. The lowest BCUT2D eigenvalue weighted by atomic mass is 10.00. The summed E-state index contributed by atoms with van der Waals surface area (Å²) in [7, 11) is 1.58. The monoisotopic (exact) mass is 250 g/mol. The van der Waals surface area contributed by atoms with E-state index in [2.05, 4.69) is 5.32 Å². The molecule has 0 saturated carbocycles. The van der Waals surface area contributed by atoms with E-state index in [0.717, 1.165) is 22.6 Å². The third-order valence-corrected chi connectivity index (χ3v) is 3.02. The fourth-order valence-electron chi connectivity index (χ4n) is 1.97. The highest BCUT2D eigenvalue weighted by Crippen LogP contribution is 2.33. The molecular formula is C13H18N2O3. The van der Waals surface area contributed by atoms with Crippen molar-refractivity contribution in [2.45, 2.75) is 19.4 Å². The van der Waals surface area contributed by atoms with Crippen LogP contribution in [-0.2, 0) is 11.2 Å². The average Bonchev–Trinajstić information content (AvgIpc) is 2.38. The molecule has 5 heteroatoms. The number of rotatable bonds is 3. The fourth-order valence-corrected chi connectivity index (χ4v) is 1.97. The second kappa shape index (κ2) is 5.27. The van der Waals surface area contributed by atoms with Crippen LogP contribution < -0.4 is 20.5 Å². The molecule has 3 N–H and O–H groups in total. The Morgan fingerprint density at radius 3 is 2.61 bits per heavy atom. The summed E-state index contributed by atoms with van der Waals surface area (Å²) < 4.78 is 11.0. The van der Waals surface area contributed by atoms with Crippen LogP contribution in [0.3, 0.4) is 0 Å². The number of likely N-dealkylation sites (N-methyl/N-ethyl adjacent to an activating group) is 1. The molecule has 1 atom stereocenters. The highest BCUT2D eigenvalue weighted by molar-refractivity contribution is 5.81. The molecule has 0 radical (unpaired) electrons. The zero-order valence-electron chi connectivity index (χ0n) is 10.7. The highest BCUT2D eigenvalue weighted by Gasteiger charge is 2.18. The van der Waals surface area contributed by atoms with Gasteiger partial charge in [0.05, 0.1) is 6.04 Å². The van der Waals surface area contributed by atoms with Crippen LogP contribution in [0.4, 0.5) is 0 Å². The standard InChI is InChI=1S/C13H18N2O3/c1-8-5-11-12(18-4-3-17-11)7-9(8)6-10(14)13(16)15-2/h5,7,10H,3-4,6,14H2,1-2H3,(H,15,16). The molecule has 2 rings (SSSR count). The van der Waals surface area contributed by atoms with Crippen molar-refractivity contribution in [1.82, 2.24) is 5.32 Å². The summed E-state index contributed by atoms with van der Waals surface area (Å²) in [5.41, 5.74) is 7.88. The number of fused-ring (bicyclic) bond motifs is 1. The summed E-state index contributed by atoms with van der Waals surface area (Å²) in [6.07, 6.45) is 0.488. The first-order valence-corrected chi connectivity index (χ1v) is 5.98. The largest absolute Gasteiger partial charge is 0.486 e. The van der Waals surface area contributed by atoms with Crippen LogP contribution in [-0.4, -0.2) is 32.2 Å². The molecule has 1 aliphatic heterocycles. The Hall–Kier alpha value is -1.75. The van der Waals surface area contributed by atoms with Crippen molar-refractivity contribution in [2.24, 2.45) is 5.73 Å². The molecule has 1 aromatic rings. The molecule has 1 aromatic carbocycles.